The van der Waals surface area contributed by atoms with Gasteiger partial charge in [0.15, 0.2) is 0 Å². The van der Waals surface area contributed by atoms with Crippen LogP contribution in [0.1, 0.15) is 45.4 Å². The van der Waals surface area contributed by atoms with E-state index >= 15 is 0 Å². The Kier molecular flexibility index (Phi) is 6.14. The largest absolute Gasteiger partial charge is 0.339 e. The lowest BCUT2D eigenvalue weighted by molar-refractivity contribution is 0.158. The van der Waals surface area contributed by atoms with Crippen LogP contribution in [0.25, 0.3) is 11.5 Å². The Hall–Kier alpha value is -2.51. The van der Waals surface area contributed by atoms with E-state index in [9.17, 15) is 4.79 Å². The minimum atomic E-state index is 0.0363. The molecule has 1 aliphatic rings. The van der Waals surface area contributed by atoms with Gasteiger partial charge in [-0.15, -0.1) is 0 Å². The first-order valence-electron chi connectivity index (χ1n) is 9.34. The van der Waals surface area contributed by atoms with E-state index in [1.165, 1.54) is 0 Å². The molecule has 26 heavy (non-hydrogen) atoms. The molecule has 0 saturated carbocycles. The second-order valence-electron chi connectivity index (χ2n) is 6.72. The Labute approximate surface area is 153 Å². The number of hydrogen-bond donors (Lipinski definition) is 1. The average Bonchev–Trinajstić information content (AvgIpc) is 3.15. The van der Waals surface area contributed by atoms with E-state index in [0.717, 1.165) is 38.8 Å². The van der Waals surface area contributed by atoms with E-state index in [0.29, 0.717) is 29.7 Å². The summed E-state index contributed by atoms with van der Waals surface area (Å²) in [5, 5.41) is 7.10. The monoisotopic (exact) mass is 358 g/mol. The standard InChI is InChI=1S/C18H26N6O2/c1-3-14(4-2)21-18(25)24-9-5-6-13(12-24)10-16-22-17(23-26-16)15-11-19-7-8-20-15/h7-8,11,13-14H,3-6,9-10,12H2,1-2H3,(H,21,25). The normalized spacial score (nSPS) is 17.5. The highest BCUT2D eigenvalue weighted by molar-refractivity contribution is 5.74. The number of carbonyl (C=O) groups is 1. The quantitative estimate of drug-likeness (QED) is 0.853. The summed E-state index contributed by atoms with van der Waals surface area (Å²) in [7, 11) is 0. The number of amides is 2. The van der Waals surface area contributed by atoms with Gasteiger partial charge in [0.05, 0.1) is 6.20 Å². The van der Waals surface area contributed by atoms with E-state index < -0.39 is 0 Å². The lowest BCUT2D eigenvalue weighted by Gasteiger charge is -2.33. The van der Waals surface area contributed by atoms with Crippen molar-refractivity contribution in [1.82, 2.24) is 30.3 Å². The number of nitrogens with zero attached hydrogens (tertiary/aromatic N) is 5. The van der Waals surface area contributed by atoms with Crippen molar-refractivity contribution < 1.29 is 9.32 Å². The van der Waals surface area contributed by atoms with Gasteiger partial charge in [-0.2, -0.15) is 4.98 Å². The van der Waals surface area contributed by atoms with E-state index in [1.807, 2.05) is 4.90 Å². The van der Waals surface area contributed by atoms with Crippen LogP contribution in [0, 0.1) is 5.92 Å². The number of aromatic nitrogens is 4. The van der Waals surface area contributed by atoms with Crippen LogP contribution < -0.4 is 5.32 Å². The molecule has 0 radical (unpaired) electrons. The van der Waals surface area contributed by atoms with Crippen LogP contribution in [0.5, 0.6) is 0 Å². The van der Waals surface area contributed by atoms with Gasteiger partial charge in [-0.05, 0) is 31.6 Å². The summed E-state index contributed by atoms with van der Waals surface area (Å²) in [5.41, 5.74) is 0.595. The van der Waals surface area contributed by atoms with Crippen LogP contribution in [0.3, 0.4) is 0 Å². The predicted octanol–water partition coefficient (Wildman–Crippen LogP) is 2.68. The van der Waals surface area contributed by atoms with Crippen LogP contribution in [0.2, 0.25) is 0 Å². The molecule has 8 heteroatoms. The minimum Gasteiger partial charge on any atom is -0.339 e. The molecular weight excluding hydrogens is 332 g/mol. The Balaban J connectivity index is 1.57. The molecule has 1 fully saturated rings. The maximum absolute atomic E-state index is 12.5. The van der Waals surface area contributed by atoms with Crippen molar-refractivity contribution >= 4 is 6.03 Å². The molecule has 140 valence electrons. The van der Waals surface area contributed by atoms with Gasteiger partial charge in [0.2, 0.25) is 11.7 Å². The molecule has 1 N–H and O–H groups in total. The molecular formula is C18H26N6O2. The Morgan fingerprint density at radius 2 is 2.23 bits per heavy atom. The SMILES string of the molecule is CCC(CC)NC(=O)N1CCCC(Cc2nc(-c3cnccn3)no2)C1. The van der Waals surface area contributed by atoms with E-state index in [4.69, 9.17) is 4.52 Å². The first kappa shape index (κ1) is 18.3. The van der Waals surface area contributed by atoms with Crippen LogP contribution in [-0.2, 0) is 6.42 Å². The van der Waals surface area contributed by atoms with Crippen molar-refractivity contribution in [3.63, 3.8) is 0 Å². The molecule has 1 saturated heterocycles. The molecule has 2 amide bonds. The van der Waals surface area contributed by atoms with Gasteiger partial charge < -0.3 is 14.7 Å². The topological polar surface area (TPSA) is 97.0 Å². The van der Waals surface area contributed by atoms with Crippen molar-refractivity contribution in [2.24, 2.45) is 5.92 Å². The van der Waals surface area contributed by atoms with Gasteiger partial charge in [-0.25, -0.2) is 9.78 Å². The molecule has 3 rings (SSSR count). The zero-order valence-electron chi connectivity index (χ0n) is 15.4. The second kappa shape index (κ2) is 8.73. The summed E-state index contributed by atoms with van der Waals surface area (Å²) in [6.07, 6.45) is 9.43. The Morgan fingerprint density at radius 1 is 1.38 bits per heavy atom. The molecule has 8 nitrogen and oxygen atoms in total. The third kappa shape index (κ3) is 4.56. The highest BCUT2D eigenvalue weighted by Crippen LogP contribution is 2.21. The zero-order chi connectivity index (χ0) is 18.4. The molecule has 1 aliphatic heterocycles. The van der Waals surface area contributed by atoms with Gasteiger partial charge in [0, 0.05) is 37.9 Å². The van der Waals surface area contributed by atoms with Crippen LogP contribution in [0.15, 0.2) is 23.1 Å². The maximum Gasteiger partial charge on any atom is 0.317 e. The van der Waals surface area contributed by atoms with Gasteiger partial charge in [0.1, 0.15) is 5.69 Å². The fourth-order valence-electron chi connectivity index (χ4n) is 3.28. The maximum atomic E-state index is 12.5. The highest BCUT2D eigenvalue weighted by atomic mass is 16.5. The van der Waals surface area contributed by atoms with E-state index in [-0.39, 0.29) is 12.1 Å². The number of urea groups is 1. The predicted molar refractivity (Wildman–Crippen MR) is 96.2 cm³/mol. The molecule has 0 bridgehead atoms. The lowest BCUT2D eigenvalue weighted by Crippen LogP contribution is -2.48. The molecule has 2 aromatic heterocycles. The fourth-order valence-corrected chi connectivity index (χ4v) is 3.28. The van der Waals surface area contributed by atoms with Crippen molar-refractivity contribution in [1.29, 1.82) is 0 Å². The first-order chi connectivity index (χ1) is 12.7. The second-order valence-corrected chi connectivity index (χ2v) is 6.72. The molecule has 1 unspecified atom stereocenters. The third-order valence-corrected chi connectivity index (χ3v) is 4.84. The van der Waals surface area contributed by atoms with Gasteiger partial charge >= 0.3 is 6.03 Å². The zero-order valence-corrected chi connectivity index (χ0v) is 15.4. The smallest absolute Gasteiger partial charge is 0.317 e. The molecule has 3 heterocycles. The molecule has 0 spiro atoms. The Morgan fingerprint density at radius 3 is 2.96 bits per heavy atom. The molecule has 0 aliphatic carbocycles. The third-order valence-electron chi connectivity index (χ3n) is 4.84. The summed E-state index contributed by atoms with van der Waals surface area (Å²) in [4.78, 5) is 27.0. The van der Waals surface area contributed by atoms with Crippen molar-refractivity contribution in [3.05, 3.63) is 24.5 Å². The fraction of sp³-hybridized carbons (Fsp3) is 0.611. The van der Waals surface area contributed by atoms with Gasteiger partial charge in [-0.3, -0.25) is 4.98 Å². The molecule has 2 aromatic rings. The highest BCUT2D eigenvalue weighted by Gasteiger charge is 2.26. The summed E-state index contributed by atoms with van der Waals surface area (Å²) >= 11 is 0. The van der Waals surface area contributed by atoms with Crippen molar-refractivity contribution in [2.75, 3.05) is 13.1 Å². The number of rotatable bonds is 6. The summed E-state index contributed by atoms with van der Waals surface area (Å²) < 4.78 is 5.37. The lowest BCUT2D eigenvalue weighted by atomic mass is 9.95. The minimum absolute atomic E-state index is 0.0363. The summed E-state index contributed by atoms with van der Waals surface area (Å²) in [6.45, 7) is 5.71. The van der Waals surface area contributed by atoms with Crippen LogP contribution in [-0.4, -0.2) is 50.2 Å². The first-order valence-corrected chi connectivity index (χ1v) is 9.34. The number of piperidine rings is 1. The summed E-state index contributed by atoms with van der Waals surface area (Å²) in [5.74, 6) is 1.36. The van der Waals surface area contributed by atoms with Gasteiger partial charge in [-0.1, -0.05) is 19.0 Å². The molecule has 0 aromatic carbocycles. The van der Waals surface area contributed by atoms with E-state index in [1.54, 1.807) is 18.6 Å². The average molecular weight is 358 g/mol. The number of likely N-dealkylation sites (tertiary alicyclic amines) is 1. The van der Waals surface area contributed by atoms with Crippen LogP contribution in [0.4, 0.5) is 4.79 Å². The molecule has 1 atom stereocenters. The number of nitrogens with one attached hydrogen (secondary N) is 1. The van der Waals surface area contributed by atoms with Crippen LogP contribution >= 0.6 is 0 Å². The van der Waals surface area contributed by atoms with E-state index in [2.05, 4.69) is 39.3 Å². The Bertz CT molecular complexity index is 701. The summed E-state index contributed by atoms with van der Waals surface area (Å²) in [6, 6.07) is 0.280. The van der Waals surface area contributed by atoms with Crippen molar-refractivity contribution in [2.45, 2.75) is 52.0 Å². The number of hydrogen-bond acceptors (Lipinski definition) is 6. The van der Waals surface area contributed by atoms with Crippen molar-refractivity contribution in [3.8, 4) is 11.5 Å². The van der Waals surface area contributed by atoms with Gasteiger partial charge in [0.25, 0.3) is 0 Å². The number of carbonyl (C=O) groups excluding carboxylic acids is 1.